The van der Waals surface area contributed by atoms with Gasteiger partial charge >= 0.3 is 0 Å². The van der Waals surface area contributed by atoms with Crippen molar-refractivity contribution in [1.82, 2.24) is 9.88 Å². The molecule has 126 valence electrons. The highest BCUT2D eigenvalue weighted by molar-refractivity contribution is 5.97. The Kier molecular flexibility index (Phi) is 5.05. The molecule has 1 N–H and O–H groups in total. The largest absolute Gasteiger partial charge is 0.507 e. The number of carbonyl (C=O) groups is 1. The minimum Gasteiger partial charge on any atom is -0.507 e. The lowest BCUT2D eigenvalue weighted by atomic mass is 10.1. The highest BCUT2D eigenvalue weighted by atomic mass is 19.1. The first kappa shape index (κ1) is 16.4. The van der Waals surface area contributed by atoms with Crippen molar-refractivity contribution >= 4 is 5.91 Å². The van der Waals surface area contributed by atoms with Gasteiger partial charge in [-0.15, -0.1) is 0 Å². The fraction of sp³-hybridized carbons (Fsp3) is 0.333. The van der Waals surface area contributed by atoms with Crippen LogP contribution in [0.2, 0.25) is 0 Å². The first-order valence-electron chi connectivity index (χ1n) is 7.92. The van der Waals surface area contributed by atoms with Gasteiger partial charge in [0.25, 0.3) is 5.91 Å². The summed E-state index contributed by atoms with van der Waals surface area (Å²) < 4.78 is 19.7. The van der Waals surface area contributed by atoms with Gasteiger partial charge in [0.05, 0.1) is 6.10 Å². The van der Waals surface area contributed by atoms with E-state index in [1.54, 1.807) is 18.5 Å². The Hall–Kier alpha value is -2.47. The van der Waals surface area contributed by atoms with Crippen molar-refractivity contribution in [3.8, 4) is 5.75 Å². The molecule has 3 rings (SSSR count). The van der Waals surface area contributed by atoms with E-state index < -0.39 is 11.7 Å². The van der Waals surface area contributed by atoms with Gasteiger partial charge in [-0.1, -0.05) is 12.1 Å². The maximum Gasteiger partial charge on any atom is 0.261 e. The maximum atomic E-state index is 14.1. The molecule has 1 amide bonds. The number of hydrogen-bond acceptors (Lipinski definition) is 4. The van der Waals surface area contributed by atoms with Gasteiger partial charge in [-0.25, -0.2) is 4.39 Å². The summed E-state index contributed by atoms with van der Waals surface area (Å²) in [6.45, 7) is 1.30. The fourth-order valence-electron chi connectivity index (χ4n) is 2.85. The number of carbonyl (C=O) groups excluding carboxylic acids is 1. The number of aromatic hydroxyl groups is 1. The Balaban J connectivity index is 1.86. The summed E-state index contributed by atoms with van der Waals surface area (Å²) in [5, 5.41) is 9.91. The minimum absolute atomic E-state index is 0.0699. The highest BCUT2D eigenvalue weighted by Crippen LogP contribution is 2.24. The molecule has 5 nitrogen and oxygen atoms in total. The van der Waals surface area contributed by atoms with Crippen LogP contribution in [0, 0.1) is 5.82 Å². The summed E-state index contributed by atoms with van der Waals surface area (Å²) in [5.41, 5.74) is 0.527. The Bertz CT molecular complexity index is 682. The van der Waals surface area contributed by atoms with E-state index in [9.17, 15) is 14.3 Å². The summed E-state index contributed by atoms with van der Waals surface area (Å²) >= 11 is 0. The van der Waals surface area contributed by atoms with E-state index in [-0.39, 0.29) is 24.0 Å². The van der Waals surface area contributed by atoms with Gasteiger partial charge in [0.15, 0.2) is 0 Å². The first-order chi connectivity index (χ1) is 11.6. The summed E-state index contributed by atoms with van der Waals surface area (Å²) in [6, 6.07) is 7.48. The number of phenols is 1. The Morgan fingerprint density at radius 2 is 2.25 bits per heavy atom. The number of nitrogens with zero attached hydrogens (tertiary/aromatic N) is 2. The molecular formula is C18H19FN2O3. The summed E-state index contributed by atoms with van der Waals surface area (Å²) in [4.78, 5) is 18.4. The number of benzene rings is 1. The fourth-order valence-corrected chi connectivity index (χ4v) is 2.85. The van der Waals surface area contributed by atoms with Crippen LogP contribution in [0.25, 0.3) is 0 Å². The van der Waals surface area contributed by atoms with Gasteiger partial charge in [0.1, 0.15) is 17.1 Å². The molecule has 1 atom stereocenters. The molecule has 6 heteroatoms. The molecule has 2 heterocycles. The number of ether oxygens (including phenoxy) is 1. The number of amides is 1. The Labute approximate surface area is 139 Å². The van der Waals surface area contributed by atoms with Crippen LogP contribution in [0.5, 0.6) is 5.75 Å². The average molecular weight is 330 g/mol. The number of pyridine rings is 1. The van der Waals surface area contributed by atoms with Crippen LogP contribution in [0.1, 0.15) is 28.8 Å². The molecule has 0 saturated carbocycles. The SMILES string of the molecule is O=C(c1c(O)cccc1F)N(Cc1cccnc1)C[C@@H]1CCCO1. The van der Waals surface area contributed by atoms with Crippen LogP contribution in [-0.2, 0) is 11.3 Å². The van der Waals surface area contributed by atoms with E-state index in [1.165, 1.54) is 23.1 Å². The Morgan fingerprint density at radius 3 is 2.92 bits per heavy atom. The first-order valence-corrected chi connectivity index (χ1v) is 7.92. The van der Waals surface area contributed by atoms with Gasteiger partial charge in [-0.2, -0.15) is 0 Å². The zero-order chi connectivity index (χ0) is 16.9. The molecular weight excluding hydrogens is 311 g/mol. The minimum atomic E-state index is -0.733. The van der Waals surface area contributed by atoms with Gasteiger partial charge in [-0.3, -0.25) is 9.78 Å². The van der Waals surface area contributed by atoms with Gasteiger partial charge < -0.3 is 14.7 Å². The van der Waals surface area contributed by atoms with Crippen molar-refractivity contribution in [1.29, 1.82) is 0 Å². The van der Waals surface area contributed by atoms with Gasteiger partial charge in [-0.05, 0) is 36.6 Å². The van der Waals surface area contributed by atoms with Crippen LogP contribution in [-0.4, -0.2) is 40.2 Å². The summed E-state index contributed by atoms with van der Waals surface area (Å²) in [7, 11) is 0. The van der Waals surface area contributed by atoms with Crippen molar-refractivity contribution < 1.29 is 19.0 Å². The predicted octanol–water partition coefficient (Wildman–Crippen LogP) is 2.75. The van der Waals surface area contributed by atoms with Crippen molar-refractivity contribution in [2.24, 2.45) is 0 Å². The smallest absolute Gasteiger partial charge is 0.261 e. The number of hydrogen-bond donors (Lipinski definition) is 1. The lowest BCUT2D eigenvalue weighted by molar-refractivity contribution is 0.0501. The lowest BCUT2D eigenvalue weighted by Gasteiger charge is -2.26. The second-order valence-corrected chi connectivity index (χ2v) is 5.82. The third-order valence-corrected chi connectivity index (χ3v) is 4.04. The van der Waals surface area contributed by atoms with E-state index >= 15 is 0 Å². The van der Waals surface area contributed by atoms with Crippen molar-refractivity contribution in [3.05, 3.63) is 59.7 Å². The predicted molar refractivity (Wildman–Crippen MR) is 86.0 cm³/mol. The summed E-state index contributed by atoms with van der Waals surface area (Å²) in [6.07, 6.45) is 5.06. The van der Waals surface area contributed by atoms with E-state index in [2.05, 4.69) is 4.98 Å². The molecule has 24 heavy (non-hydrogen) atoms. The molecule has 0 radical (unpaired) electrons. The molecule has 2 aromatic rings. The Morgan fingerprint density at radius 1 is 1.38 bits per heavy atom. The molecule has 0 unspecified atom stereocenters. The second kappa shape index (κ2) is 7.40. The number of rotatable bonds is 5. The molecule has 1 saturated heterocycles. The average Bonchev–Trinajstić information content (AvgIpc) is 3.08. The quantitative estimate of drug-likeness (QED) is 0.916. The van der Waals surface area contributed by atoms with Gasteiger partial charge in [0.2, 0.25) is 0 Å². The number of aromatic nitrogens is 1. The molecule has 0 aliphatic carbocycles. The van der Waals surface area contributed by atoms with Crippen LogP contribution in [0.4, 0.5) is 4.39 Å². The normalized spacial score (nSPS) is 17.0. The van der Waals surface area contributed by atoms with Crippen LogP contribution in [0.15, 0.2) is 42.7 Å². The highest BCUT2D eigenvalue weighted by Gasteiger charge is 2.27. The van der Waals surface area contributed by atoms with Crippen molar-refractivity contribution in [3.63, 3.8) is 0 Å². The zero-order valence-corrected chi connectivity index (χ0v) is 13.2. The van der Waals surface area contributed by atoms with E-state index in [4.69, 9.17) is 4.74 Å². The van der Waals surface area contributed by atoms with Crippen LogP contribution < -0.4 is 0 Å². The zero-order valence-electron chi connectivity index (χ0n) is 13.2. The maximum absolute atomic E-state index is 14.1. The van der Waals surface area contributed by atoms with Gasteiger partial charge in [0, 0.05) is 32.1 Å². The molecule has 0 spiro atoms. The topological polar surface area (TPSA) is 62.7 Å². The molecule has 1 aromatic carbocycles. The van der Waals surface area contributed by atoms with Crippen molar-refractivity contribution in [2.75, 3.05) is 13.2 Å². The van der Waals surface area contributed by atoms with Crippen LogP contribution >= 0.6 is 0 Å². The molecule has 1 aliphatic rings. The van der Waals surface area contributed by atoms with Crippen LogP contribution in [0.3, 0.4) is 0 Å². The third-order valence-electron chi connectivity index (χ3n) is 4.04. The number of halogens is 1. The molecule has 0 bridgehead atoms. The van der Waals surface area contributed by atoms with E-state index in [0.717, 1.165) is 18.4 Å². The van der Waals surface area contributed by atoms with E-state index in [0.29, 0.717) is 13.2 Å². The third kappa shape index (κ3) is 3.71. The van der Waals surface area contributed by atoms with E-state index in [1.807, 2.05) is 6.07 Å². The lowest BCUT2D eigenvalue weighted by Crippen LogP contribution is -2.37. The standard InChI is InChI=1S/C18H19FN2O3/c19-15-6-1-7-16(22)17(15)18(23)21(12-14-5-3-9-24-14)11-13-4-2-8-20-10-13/h1-2,4,6-8,10,14,22H,3,5,9,11-12H2/t14-/m0/s1. The number of phenolic OH excluding ortho intramolecular Hbond substituents is 1. The summed E-state index contributed by atoms with van der Waals surface area (Å²) in [5.74, 6) is -1.64. The second-order valence-electron chi connectivity index (χ2n) is 5.82. The molecule has 1 aliphatic heterocycles. The monoisotopic (exact) mass is 330 g/mol. The molecule has 1 aromatic heterocycles. The van der Waals surface area contributed by atoms with Crippen molar-refractivity contribution in [2.45, 2.75) is 25.5 Å². The molecule has 1 fully saturated rings.